The lowest BCUT2D eigenvalue weighted by Gasteiger charge is -2.27. The first-order chi connectivity index (χ1) is 14.1. The zero-order valence-corrected chi connectivity index (χ0v) is 15.9. The Hall–Kier alpha value is -3.88. The summed E-state index contributed by atoms with van der Waals surface area (Å²) in [5.41, 5.74) is 2.50. The molecule has 2 heterocycles. The molecular weight excluding hydrogens is 374 g/mol. The van der Waals surface area contributed by atoms with Crippen LogP contribution in [-0.2, 0) is 16.1 Å². The summed E-state index contributed by atoms with van der Waals surface area (Å²) in [6, 6.07) is 13.7. The number of benzene rings is 2. The number of carbonyl (C=O) groups excluding carboxylic acids is 1. The van der Waals surface area contributed by atoms with E-state index in [-0.39, 0.29) is 12.4 Å². The van der Waals surface area contributed by atoms with E-state index in [0.717, 1.165) is 5.56 Å². The summed E-state index contributed by atoms with van der Waals surface area (Å²) >= 11 is 0. The number of hydrogen-bond acceptors (Lipinski definition) is 8. The van der Waals surface area contributed by atoms with Crippen LogP contribution in [0, 0.1) is 0 Å². The Labute approximate surface area is 166 Å². The summed E-state index contributed by atoms with van der Waals surface area (Å²) in [5, 5.41) is 24.6. The van der Waals surface area contributed by atoms with Gasteiger partial charge in [-0.25, -0.2) is 4.79 Å². The van der Waals surface area contributed by atoms with Gasteiger partial charge in [0.05, 0.1) is 24.4 Å². The Morgan fingerprint density at radius 1 is 1.24 bits per heavy atom. The number of hydrogen-bond donors (Lipinski definition) is 2. The first kappa shape index (κ1) is 18.5. The van der Waals surface area contributed by atoms with E-state index >= 15 is 0 Å². The van der Waals surface area contributed by atoms with Crippen LogP contribution in [0.25, 0.3) is 5.70 Å². The van der Waals surface area contributed by atoms with Gasteiger partial charge in [0.25, 0.3) is 0 Å². The minimum Gasteiger partial charge on any atom is -0.504 e. The highest BCUT2D eigenvalue weighted by Crippen LogP contribution is 2.38. The highest BCUT2D eigenvalue weighted by molar-refractivity contribution is 5.97. The third kappa shape index (κ3) is 3.49. The molecule has 0 spiro atoms. The van der Waals surface area contributed by atoms with E-state index in [1.165, 1.54) is 17.9 Å². The second-order valence-corrected chi connectivity index (χ2v) is 6.48. The van der Waals surface area contributed by atoms with Gasteiger partial charge in [0.1, 0.15) is 6.61 Å². The largest absolute Gasteiger partial charge is 0.504 e. The van der Waals surface area contributed by atoms with Crippen molar-refractivity contribution >= 4 is 17.6 Å². The number of aromatic hydroxyl groups is 1. The van der Waals surface area contributed by atoms with Crippen molar-refractivity contribution < 1.29 is 19.4 Å². The second-order valence-electron chi connectivity index (χ2n) is 6.48. The van der Waals surface area contributed by atoms with E-state index in [4.69, 9.17) is 9.47 Å². The van der Waals surface area contributed by atoms with Gasteiger partial charge in [-0.2, -0.15) is 4.68 Å². The number of methoxy groups -OCH3 is 1. The summed E-state index contributed by atoms with van der Waals surface area (Å²) in [7, 11) is 1.46. The summed E-state index contributed by atoms with van der Waals surface area (Å²) in [4.78, 5) is 13.0. The van der Waals surface area contributed by atoms with E-state index in [1.807, 2.05) is 30.3 Å². The number of rotatable bonds is 5. The highest BCUT2D eigenvalue weighted by Gasteiger charge is 2.34. The molecule has 0 radical (unpaired) electrons. The average Bonchev–Trinajstić information content (AvgIpc) is 3.22. The number of esters is 1. The van der Waals surface area contributed by atoms with E-state index in [0.29, 0.717) is 28.5 Å². The fourth-order valence-electron chi connectivity index (χ4n) is 3.22. The zero-order valence-electron chi connectivity index (χ0n) is 15.9. The topological polar surface area (TPSA) is 111 Å². The first-order valence-corrected chi connectivity index (χ1v) is 8.92. The maximum absolute atomic E-state index is 13.0. The number of nitrogens with zero attached hydrogens (tertiary/aromatic N) is 4. The summed E-state index contributed by atoms with van der Waals surface area (Å²) in [6.07, 6.45) is 0. The number of ether oxygens (including phenoxy) is 2. The third-order valence-electron chi connectivity index (χ3n) is 4.71. The number of carbonyl (C=O) groups is 1. The van der Waals surface area contributed by atoms with E-state index in [1.54, 1.807) is 19.1 Å². The van der Waals surface area contributed by atoms with Gasteiger partial charge in [0.2, 0.25) is 5.95 Å². The molecule has 148 valence electrons. The van der Waals surface area contributed by atoms with Gasteiger partial charge in [-0.1, -0.05) is 41.5 Å². The molecule has 4 rings (SSSR count). The van der Waals surface area contributed by atoms with Crippen LogP contribution in [0.2, 0.25) is 0 Å². The molecule has 0 saturated heterocycles. The molecule has 2 aromatic carbocycles. The summed E-state index contributed by atoms with van der Waals surface area (Å²) < 4.78 is 12.2. The Bertz CT molecular complexity index is 1080. The van der Waals surface area contributed by atoms with Gasteiger partial charge < -0.3 is 19.9 Å². The molecule has 1 aliphatic heterocycles. The Balaban J connectivity index is 1.70. The minimum atomic E-state index is -0.578. The van der Waals surface area contributed by atoms with E-state index in [9.17, 15) is 9.90 Å². The van der Waals surface area contributed by atoms with Crippen LogP contribution in [0.1, 0.15) is 24.1 Å². The highest BCUT2D eigenvalue weighted by atomic mass is 16.5. The molecule has 29 heavy (non-hydrogen) atoms. The molecule has 1 aromatic heterocycles. The number of phenolic OH excluding ortho intramolecular Hbond substituents is 1. The molecular formula is C20H19N5O4. The van der Waals surface area contributed by atoms with Crippen molar-refractivity contribution in [1.82, 2.24) is 20.2 Å². The fraction of sp³-hybridized carbons (Fsp3) is 0.200. The Kier molecular flexibility index (Phi) is 4.86. The zero-order chi connectivity index (χ0) is 20.4. The number of tetrazole rings is 1. The lowest BCUT2D eigenvalue weighted by Crippen LogP contribution is -2.28. The molecule has 3 aromatic rings. The van der Waals surface area contributed by atoms with Crippen molar-refractivity contribution in [2.75, 3.05) is 12.4 Å². The third-order valence-corrected chi connectivity index (χ3v) is 4.71. The van der Waals surface area contributed by atoms with Crippen molar-refractivity contribution in [2.24, 2.45) is 0 Å². The lowest BCUT2D eigenvalue weighted by molar-refractivity contribution is -0.140. The van der Waals surface area contributed by atoms with Gasteiger partial charge in [0.15, 0.2) is 11.5 Å². The van der Waals surface area contributed by atoms with Crippen LogP contribution in [0.4, 0.5) is 5.95 Å². The first-order valence-electron chi connectivity index (χ1n) is 8.92. The number of anilines is 1. The number of nitrogens with one attached hydrogen (secondary N) is 1. The van der Waals surface area contributed by atoms with Crippen molar-refractivity contribution in [1.29, 1.82) is 0 Å². The molecule has 0 amide bonds. The molecule has 2 N–H and O–H groups in total. The van der Waals surface area contributed by atoms with E-state index in [2.05, 4.69) is 20.8 Å². The van der Waals surface area contributed by atoms with E-state index < -0.39 is 12.0 Å². The van der Waals surface area contributed by atoms with Gasteiger partial charge >= 0.3 is 5.97 Å². The monoisotopic (exact) mass is 393 g/mol. The number of phenols is 1. The van der Waals surface area contributed by atoms with Crippen LogP contribution >= 0.6 is 0 Å². The van der Waals surface area contributed by atoms with Crippen LogP contribution in [-0.4, -0.2) is 38.4 Å². The molecule has 1 aliphatic rings. The van der Waals surface area contributed by atoms with Gasteiger partial charge in [-0.15, -0.1) is 0 Å². The molecule has 0 saturated carbocycles. The molecule has 0 bridgehead atoms. The van der Waals surface area contributed by atoms with Gasteiger partial charge in [-0.05, 0) is 40.6 Å². The lowest BCUT2D eigenvalue weighted by atomic mass is 9.95. The maximum Gasteiger partial charge on any atom is 0.338 e. The second kappa shape index (κ2) is 7.63. The van der Waals surface area contributed by atoms with Crippen LogP contribution < -0.4 is 10.1 Å². The normalized spacial score (nSPS) is 15.4. The van der Waals surface area contributed by atoms with Crippen LogP contribution in [0.3, 0.4) is 0 Å². The average molecular weight is 393 g/mol. The fourth-order valence-corrected chi connectivity index (χ4v) is 3.22. The van der Waals surface area contributed by atoms with Crippen molar-refractivity contribution in [3.63, 3.8) is 0 Å². The number of allylic oxidation sites excluding steroid dienone is 1. The molecule has 1 unspecified atom stereocenters. The van der Waals surface area contributed by atoms with Gasteiger partial charge in [-0.3, -0.25) is 0 Å². The number of fused-ring (bicyclic) bond motifs is 1. The standard InChI is InChI=1S/C20H19N5O4/c1-12-17(19(27)29-11-13-6-4-3-5-7-13)18(21-20-22-23-24-25(12)20)14-8-9-15(26)16(10-14)28-2/h3-10,18,26H,11H2,1-2H3,(H,21,22,24). The van der Waals surface area contributed by atoms with Crippen LogP contribution in [0.15, 0.2) is 54.1 Å². The molecule has 9 heteroatoms. The molecule has 0 fully saturated rings. The minimum absolute atomic E-state index is 0.00537. The summed E-state index contributed by atoms with van der Waals surface area (Å²) in [6.45, 7) is 1.90. The Morgan fingerprint density at radius 2 is 2.03 bits per heavy atom. The van der Waals surface area contributed by atoms with Crippen LogP contribution in [0.5, 0.6) is 11.5 Å². The van der Waals surface area contributed by atoms with Gasteiger partial charge in [0, 0.05) is 0 Å². The molecule has 0 aliphatic carbocycles. The molecule has 1 atom stereocenters. The van der Waals surface area contributed by atoms with Crippen molar-refractivity contribution in [3.05, 3.63) is 65.2 Å². The predicted octanol–water partition coefficient (Wildman–Crippen LogP) is 2.53. The van der Waals surface area contributed by atoms with Crippen molar-refractivity contribution in [3.8, 4) is 11.5 Å². The Morgan fingerprint density at radius 3 is 2.79 bits per heavy atom. The SMILES string of the molecule is COc1cc(C2Nc3nnnn3C(C)=C2C(=O)OCc2ccccc2)ccc1O. The smallest absolute Gasteiger partial charge is 0.338 e. The maximum atomic E-state index is 13.0. The predicted molar refractivity (Wildman–Crippen MR) is 104 cm³/mol. The van der Waals surface area contributed by atoms with Crippen molar-refractivity contribution in [2.45, 2.75) is 19.6 Å². The summed E-state index contributed by atoms with van der Waals surface area (Å²) in [5.74, 6) is 0.214. The number of aromatic nitrogens is 4. The molecule has 9 nitrogen and oxygen atoms in total. The quantitative estimate of drug-likeness (QED) is 0.636.